The number of nitrogens with one attached hydrogen (secondary N) is 1. The molecule has 2 saturated heterocycles. The molecule has 6 heteroatoms. The van der Waals surface area contributed by atoms with Crippen LogP contribution in [-0.4, -0.2) is 12.0 Å². The summed E-state index contributed by atoms with van der Waals surface area (Å²) in [4.78, 5) is 0. The lowest BCUT2D eigenvalue weighted by molar-refractivity contribution is -0.280. The quantitative estimate of drug-likeness (QED) is 0.855. The summed E-state index contributed by atoms with van der Waals surface area (Å²) in [5, 5.41) is 37.4. The van der Waals surface area contributed by atoms with Crippen molar-refractivity contribution < 1.29 is 9.47 Å². The maximum Gasteiger partial charge on any atom is 0.243 e. The van der Waals surface area contributed by atoms with E-state index in [9.17, 15) is 15.8 Å². The lowest BCUT2D eigenvalue weighted by atomic mass is 9.54. The van der Waals surface area contributed by atoms with Crippen molar-refractivity contribution in [1.29, 1.82) is 21.2 Å². The van der Waals surface area contributed by atoms with Gasteiger partial charge in [0.2, 0.25) is 11.7 Å². The van der Waals surface area contributed by atoms with Gasteiger partial charge in [0.05, 0.1) is 30.2 Å². The van der Waals surface area contributed by atoms with Crippen molar-refractivity contribution in [2.45, 2.75) is 25.7 Å². The highest BCUT2D eigenvalue weighted by Gasteiger charge is 2.78. The van der Waals surface area contributed by atoms with Crippen LogP contribution in [0.15, 0.2) is 30.3 Å². The van der Waals surface area contributed by atoms with Crippen LogP contribution in [0.4, 0.5) is 0 Å². The highest BCUT2D eigenvalue weighted by molar-refractivity contribution is 5.89. The molecule has 2 aliphatic heterocycles. The zero-order valence-corrected chi connectivity index (χ0v) is 12.7. The third kappa shape index (κ3) is 1.41. The van der Waals surface area contributed by atoms with Gasteiger partial charge in [-0.05, 0) is 6.92 Å². The van der Waals surface area contributed by atoms with Gasteiger partial charge in [0.1, 0.15) is 0 Å². The third-order valence-electron chi connectivity index (χ3n) is 5.12. The molecular weight excluding hydrogens is 292 g/mol. The van der Waals surface area contributed by atoms with E-state index in [2.05, 4.69) is 6.07 Å². The zero-order chi connectivity index (χ0) is 16.9. The molecule has 6 nitrogen and oxygen atoms in total. The summed E-state index contributed by atoms with van der Waals surface area (Å²) in [5.41, 5.74) is -2.82. The van der Waals surface area contributed by atoms with Gasteiger partial charge in [0, 0.05) is 5.56 Å². The number of ether oxygens (including phenoxy) is 2. The monoisotopic (exact) mass is 306 g/mol. The normalized spacial score (nSPS) is 37.1. The maximum absolute atomic E-state index is 9.86. The first-order chi connectivity index (χ1) is 10.9. The zero-order valence-electron chi connectivity index (χ0n) is 12.7. The molecule has 1 aromatic carbocycles. The summed E-state index contributed by atoms with van der Waals surface area (Å²) >= 11 is 0. The van der Waals surface area contributed by atoms with Crippen LogP contribution in [-0.2, 0) is 15.3 Å². The summed E-state index contributed by atoms with van der Waals surface area (Å²) < 4.78 is 11.7. The van der Waals surface area contributed by atoms with Gasteiger partial charge in [0.25, 0.3) is 0 Å². The molecule has 1 N–H and O–H groups in total. The summed E-state index contributed by atoms with van der Waals surface area (Å²) in [6.07, 6.45) is -0.892. The molecule has 2 aliphatic rings. The second-order valence-corrected chi connectivity index (χ2v) is 5.90. The minimum absolute atomic E-state index is 0.385. The van der Waals surface area contributed by atoms with Crippen molar-refractivity contribution in [3.05, 3.63) is 35.9 Å². The van der Waals surface area contributed by atoms with Crippen LogP contribution >= 0.6 is 0 Å². The largest absolute Gasteiger partial charge is 0.443 e. The molecule has 1 aromatic rings. The fourth-order valence-corrected chi connectivity index (χ4v) is 3.79. The summed E-state index contributed by atoms with van der Waals surface area (Å²) in [6.45, 7) is 3.26. The van der Waals surface area contributed by atoms with E-state index in [1.807, 2.05) is 18.2 Å². The van der Waals surface area contributed by atoms with E-state index in [1.165, 1.54) is 0 Å². The van der Waals surface area contributed by atoms with Crippen molar-refractivity contribution in [2.75, 3.05) is 0 Å². The lowest BCUT2D eigenvalue weighted by Crippen LogP contribution is -2.60. The van der Waals surface area contributed by atoms with Crippen LogP contribution in [0, 0.1) is 56.2 Å². The third-order valence-corrected chi connectivity index (χ3v) is 5.12. The molecule has 3 rings (SSSR count). The van der Waals surface area contributed by atoms with Crippen molar-refractivity contribution in [3.63, 3.8) is 0 Å². The average molecular weight is 306 g/mol. The van der Waals surface area contributed by atoms with Gasteiger partial charge in [0.15, 0.2) is 10.8 Å². The molecule has 0 radical (unpaired) electrons. The fraction of sp³-hybridized carbons (Fsp3) is 0.412. The Morgan fingerprint density at radius 1 is 1.04 bits per heavy atom. The van der Waals surface area contributed by atoms with Crippen molar-refractivity contribution >= 4 is 5.90 Å². The summed E-state index contributed by atoms with van der Waals surface area (Å²) in [6, 6.07) is 14.9. The van der Waals surface area contributed by atoms with E-state index in [0.29, 0.717) is 5.56 Å². The molecule has 2 bridgehead atoms. The smallest absolute Gasteiger partial charge is 0.243 e. The van der Waals surface area contributed by atoms with Gasteiger partial charge in [-0.3, -0.25) is 5.41 Å². The molecule has 2 fully saturated rings. The molecule has 2 heterocycles. The van der Waals surface area contributed by atoms with E-state index in [-0.39, 0.29) is 5.90 Å². The second-order valence-electron chi connectivity index (χ2n) is 5.90. The summed E-state index contributed by atoms with van der Waals surface area (Å²) in [7, 11) is 0. The van der Waals surface area contributed by atoms with Crippen LogP contribution in [0.2, 0.25) is 0 Å². The summed E-state index contributed by atoms with van der Waals surface area (Å²) in [5.74, 6) is -2.42. The van der Waals surface area contributed by atoms with E-state index < -0.39 is 28.6 Å². The number of nitriles is 3. The highest BCUT2D eigenvalue weighted by atomic mass is 16.7. The SMILES string of the molecule is CC1OC2(c3ccccc3)OC(=N)C(C#N)(C2C)C1(C#N)C#N. The number of rotatable bonds is 1. The molecule has 4 atom stereocenters. The van der Waals surface area contributed by atoms with Crippen molar-refractivity contribution in [2.24, 2.45) is 16.7 Å². The maximum atomic E-state index is 9.86. The van der Waals surface area contributed by atoms with Gasteiger partial charge >= 0.3 is 0 Å². The standard InChI is InChI=1S/C17H14N4O2/c1-11-16(10-20)14(21)23-17(11,13-6-4-3-5-7-13)22-12(2)15(16,8-18)9-19/h3-7,11-12,21H,1-2H3. The van der Waals surface area contributed by atoms with Crippen LogP contribution in [0.3, 0.4) is 0 Å². The molecule has 114 valence electrons. The van der Waals surface area contributed by atoms with Gasteiger partial charge in [-0.15, -0.1) is 0 Å². The number of hydrogen-bond acceptors (Lipinski definition) is 6. The minimum Gasteiger partial charge on any atom is -0.443 e. The number of fused-ring (bicyclic) bond motifs is 2. The Kier molecular flexibility index (Phi) is 2.98. The van der Waals surface area contributed by atoms with E-state index in [0.717, 1.165) is 0 Å². The predicted octanol–water partition coefficient (Wildman–Crippen LogP) is 2.45. The highest BCUT2D eigenvalue weighted by Crippen LogP contribution is 2.65. The molecule has 0 saturated carbocycles. The first kappa shape index (κ1) is 15.0. The molecule has 23 heavy (non-hydrogen) atoms. The molecule has 0 aromatic heterocycles. The molecule has 0 aliphatic carbocycles. The Bertz CT molecular complexity index is 787. The van der Waals surface area contributed by atoms with Gasteiger partial charge in [-0.25, -0.2) is 0 Å². The number of benzene rings is 1. The van der Waals surface area contributed by atoms with E-state index in [1.54, 1.807) is 38.1 Å². The molecule has 0 spiro atoms. The number of hydrogen-bond donors (Lipinski definition) is 1. The van der Waals surface area contributed by atoms with Crippen LogP contribution in [0.1, 0.15) is 19.4 Å². The minimum atomic E-state index is -1.80. The first-order valence-electron chi connectivity index (χ1n) is 7.20. The van der Waals surface area contributed by atoms with E-state index in [4.69, 9.17) is 14.9 Å². The Hall–Kier alpha value is -2.88. The van der Waals surface area contributed by atoms with Gasteiger partial charge in [-0.1, -0.05) is 37.3 Å². The Morgan fingerprint density at radius 3 is 2.17 bits per heavy atom. The molecule has 0 amide bonds. The van der Waals surface area contributed by atoms with Crippen molar-refractivity contribution in [3.8, 4) is 18.2 Å². The average Bonchev–Trinajstić information content (AvgIpc) is 2.74. The van der Waals surface area contributed by atoms with E-state index >= 15 is 0 Å². The lowest BCUT2D eigenvalue weighted by Gasteiger charge is -2.47. The van der Waals surface area contributed by atoms with Crippen LogP contribution < -0.4 is 0 Å². The van der Waals surface area contributed by atoms with Crippen LogP contribution in [0.25, 0.3) is 0 Å². The van der Waals surface area contributed by atoms with Crippen LogP contribution in [0.5, 0.6) is 0 Å². The Labute approximate surface area is 134 Å². The fourth-order valence-electron chi connectivity index (χ4n) is 3.79. The van der Waals surface area contributed by atoms with Gasteiger partial charge in [-0.2, -0.15) is 15.8 Å². The topological polar surface area (TPSA) is 114 Å². The number of nitrogens with zero attached hydrogens (tertiary/aromatic N) is 3. The Morgan fingerprint density at radius 2 is 1.65 bits per heavy atom. The molecule has 4 unspecified atom stereocenters. The first-order valence-corrected chi connectivity index (χ1v) is 7.20. The van der Waals surface area contributed by atoms with Gasteiger partial charge < -0.3 is 9.47 Å². The Balaban J connectivity index is 2.32. The predicted molar refractivity (Wildman–Crippen MR) is 78.3 cm³/mol. The second kappa shape index (κ2) is 4.56. The van der Waals surface area contributed by atoms with Crippen molar-refractivity contribution in [1.82, 2.24) is 0 Å². The molecular formula is C17H14N4O2.